The number of aromatic nitrogens is 2. The predicted molar refractivity (Wildman–Crippen MR) is 64.6 cm³/mol. The van der Waals surface area contributed by atoms with Crippen LogP contribution in [-0.4, -0.2) is 16.7 Å². The molecule has 2 saturated carbocycles. The molecule has 0 radical (unpaired) electrons. The summed E-state index contributed by atoms with van der Waals surface area (Å²) in [7, 11) is 0. The second-order valence-electron chi connectivity index (χ2n) is 5.58. The van der Waals surface area contributed by atoms with Gasteiger partial charge in [-0.05, 0) is 51.0 Å². The van der Waals surface area contributed by atoms with E-state index in [2.05, 4.69) is 29.4 Å². The Labute approximate surface area is 102 Å². The molecule has 3 rings (SSSR count). The number of fused-ring (bicyclic) bond motifs is 1. The number of hydrogen-bond donors (Lipinski definition) is 1. The van der Waals surface area contributed by atoms with Gasteiger partial charge in [-0.3, -0.25) is 0 Å². The lowest BCUT2D eigenvalue weighted by molar-refractivity contribution is 0.367. The molecule has 0 aromatic carbocycles. The summed E-state index contributed by atoms with van der Waals surface area (Å²) in [5.74, 6) is 4.08. The van der Waals surface area contributed by atoms with Crippen LogP contribution in [0.15, 0.2) is 4.42 Å². The molecule has 0 amide bonds. The number of hydrogen-bond acceptors (Lipinski definition) is 4. The Hall–Kier alpha value is -0.900. The topological polar surface area (TPSA) is 51.0 Å². The van der Waals surface area contributed by atoms with Gasteiger partial charge in [-0.1, -0.05) is 6.92 Å². The fraction of sp³-hybridized carbons (Fsp3) is 0.846. The molecule has 2 aliphatic carbocycles. The van der Waals surface area contributed by atoms with E-state index in [4.69, 9.17) is 4.42 Å². The summed E-state index contributed by atoms with van der Waals surface area (Å²) in [4.78, 5) is 0. The molecule has 1 heterocycles. The van der Waals surface area contributed by atoms with E-state index in [1.807, 2.05) is 0 Å². The maximum atomic E-state index is 5.81. The Balaban J connectivity index is 1.61. The van der Waals surface area contributed by atoms with Crippen LogP contribution in [0.4, 0.5) is 0 Å². The second-order valence-corrected chi connectivity index (χ2v) is 5.58. The molecule has 2 aliphatic rings. The lowest BCUT2D eigenvalue weighted by Gasteiger charge is -2.08. The maximum absolute atomic E-state index is 5.81. The predicted octanol–water partition coefficient (Wildman–Crippen LogP) is 2.64. The maximum Gasteiger partial charge on any atom is 0.233 e. The zero-order valence-corrected chi connectivity index (χ0v) is 10.6. The van der Waals surface area contributed by atoms with Crippen molar-refractivity contribution in [2.24, 2.45) is 11.8 Å². The molecular formula is C13H21N3O. The summed E-state index contributed by atoms with van der Waals surface area (Å²) >= 11 is 0. The average molecular weight is 235 g/mol. The van der Waals surface area contributed by atoms with Crippen LogP contribution in [0, 0.1) is 11.8 Å². The van der Waals surface area contributed by atoms with Gasteiger partial charge in [0, 0.05) is 5.92 Å². The largest absolute Gasteiger partial charge is 0.423 e. The van der Waals surface area contributed by atoms with E-state index < -0.39 is 0 Å². The number of nitrogens with zero attached hydrogens (tertiary/aromatic N) is 2. The molecule has 3 unspecified atom stereocenters. The van der Waals surface area contributed by atoms with Crippen molar-refractivity contribution in [1.29, 1.82) is 0 Å². The molecular weight excluding hydrogens is 214 g/mol. The normalized spacial score (nSPS) is 32.5. The van der Waals surface area contributed by atoms with Crippen molar-refractivity contribution in [2.45, 2.75) is 51.5 Å². The van der Waals surface area contributed by atoms with Gasteiger partial charge in [0.2, 0.25) is 11.8 Å². The van der Waals surface area contributed by atoms with Crippen molar-refractivity contribution in [3.05, 3.63) is 11.8 Å². The lowest BCUT2D eigenvalue weighted by Crippen LogP contribution is -2.19. The molecule has 2 fully saturated rings. The van der Waals surface area contributed by atoms with Crippen molar-refractivity contribution in [2.75, 3.05) is 6.54 Å². The molecule has 3 atom stereocenters. The third-order valence-corrected chi connectivity index (χ3v) is 4.12. The molecule has 0 aliphatic heterocycles. The van der Waals surface area contributed by atoms with Gasteiger partial charge in [0.25, 0.3) is 0 Å². The first-order valence-electron chi connectivity index (χ1n) is 6.84. The quantitative estimate of drug-likeness (QED) is 0.852. The number of nitrogens with one attached hydrogen (secondary N) is 1. The van der Waals surface area contributed by atoms with Gasteiger partial charge in [0.1, 0.15) is 0 Å². The molecule has 0 saturated heterocycles. The van der Waals surface area contributed by atoms with Crippen LogP contribution in [-0.2, 0) is 0 Å². The van der Waals surface area contributed by atoms with Crippen LogP contribution in [0.5, 0.6) is 0 Å². The second kappa shape index (κ2) is 4.41. The van der Waals surface area contributed by atoms with Gasteiger partial charge < -0.3 is 9.73 Å². The van der Waals surface area contributed by atoms with Crippen molar-refractivity contribution < 1.29 is 4.42 Å². The van der Waals surface area contributed by atoms with Gasteiger partial charge >= 0.3 is 0 Å². The van der Waals surface area contributed by atoms with Crippen LogP contribution < -0.4 is 5.32 Å². The minimum atomic E-state index is 0.173. The standard InChI is InChI=1S/C13H21N3O/c1-3-4-14-8(2)12-15-16-13(17-12)11-6-9-5-10(9)7-11/h8-11,14H,3-7H2,1-2H3. The molecule has 1 aromatic heterocycles. The average Bonchev–Trinajstić information content (AvgIpc) is 2.82. The van der Waals surface area contributed by atoms with Crippen LogP contribution in [0.25, 0.3) is 0 Å². The van der Waals surface area contributed by atoms with E-state index in [-0.39, 0.29) is 6.04 Å². The minimum absolute atomic E-state index is 0.173. The van der Waals surface area contributed by atoms with E-state index in [0.29, 0.717) is 5.92 Å². The van der Waals surface area contributed by atoms with Gasteiger partial charge in [-0.15, -0.1) is 10.2 Å². The van der Waals surface area contributed by atoms with Crippen LogP contribution >= 0.6 is 0 Å². The fourth-order valence-corrected chi connectivity index (χ4v) is 2.95. The van der Waals surface area contributed by atoms with Crippen molar-refractivity contribution in [3.63, 3.8) is 0 Å². The molecule has 94 valence electrons. The van der Waals surface area contributed by atoms with Crippen molar-refractivity contribution in [1.82, 2.24) is 15.5 Å². The summed E-state index contributed by atoms with van der Waals surface area (Å²) in [5, 5.41) is 11.8. The summed E-state index contributed by atoms with van der Waals surface area (Å²) < 4.78 is 5.81. The molecule has 0 spiro atoms. The Morgan fingerprint density at radius 1 is 1.29 bits per heavy atom. The first-order chi connectivity index (χ1) is 8.28. The highest BCUT2D eigenvalue weighted by Gasteiger charge is 2.47. The summed E-state index contributed by atoms with van der Waals surface area (Å²) in [6, 6.07) is 0.173. The zero-order chi connectivity index (χ0) is 11.8. The highest BCUT2D eigenvalue weighted by Crippen LogP contribution is 2.57. The third-order valence-electron chi connectivity index (χ3n) is 4.12. The van der Waals surface area contributed by atoms with Gasteiger partial charge in [0.05, 0.1) is 6.04 Å². The summed E-state index contributed by atoms with van der Waals surface area (Å²) in [5.41, 5.74) is 0. The lowest BCUT2D eigenvalue weighted by atomic mass is 10.0. The van der Waals surface area contributed by atoms with Gasteiger partial charge in [0.15, 0.2) is 0 Å². The fourth-order valence-electron chi connectivity index (χ4n) is 2.95. The van der Waals surface area contributed by atoms with Gasteiger partial charge in [-0.2, -0.15) is 0 Å². The van der Waals surface area contributed by atoms with Crippen molar-refractivity contribution in [3.8, 4) is 0 Å². The van der Waals surface area contributed by atoms with E-state index in [9.17, 15) is 0 Å². The Bertz CT molecular complexity index is 380. The Morgan fingerprint density at radius 3 is 2.76 bits per heavy atom. The van der Waals surface area contributed by atoms with Crippen molar-refractivity contribution >= 4 is 0 Å². The van der Waals surface area contributed by atoms with Gasteiger partial charge in [-0.25, -0.2) is 0 Å². The number of rotatable bonds is 5. The first-order valence-corrected chi connectivity index (χ1v) is 6.84. The van der Waals surface area contributed by atoms with E-state index in [1.165, 1.54) is 19.3 Å². The summed E-state index contributed by atoms with van der Waals surface area (Å²) in [6.45, 7) is 5.23. The molecule has 4 heteroatoms. The summed E-state index contributed by atoms with van der Waals surface area (Å²) in [6.07, 6.45) is 5.09. The molecule has 1 N–H and O–H groups in total. The SMILES string of the molecule is CCCNC(C)c1nnc(C2CC3CC3C2)o1. The molecule has 1 aromatic rings. The Morgan fingerprint density at radius 2 is 2.06 bits per heavy atom. The van der Waals surface area contributed by atoms with E-state index in [0.717, 1.165) is 36.6 Å². The molecule has 0 bridgehead atoms. The minimum Gasteiger partial charge on any atom is -0.423 e. The molecule has 4 nitrogen and oxygen atoms in total. The van der Waals surface area contributed by atoms with Crippen LogP contribution in [0.2, 0.25) is 0 Å². The molecule has 17 heavy (non-hydrogen) atoms. The highest BCUT2D eigenvalue weighted by atomic mass is 16.4. The monoisotopic (exact) mass is 235 g/mol. The van der Waals surface area contributed by atoms with E-state index >= 15 is 0 Å². The first kappa shape index (κ1) is 11.2. The smallest absolute Gasteiger partial charge is 0.233 e. The van der Waals surface area contributed by atoms with Crippen LogP contribution in [0.1, 0.15) is 63.3 Å². The third kappa shape index (κ3) is 2.23. The van der Waals surface area contributed by atoms with E-state index in [1.54, 1.807) is 0 Å². The van der Waals surface area contributed by atoms with Crippen LogP contribution in [0.3, 0.4) is 0 Å². The zero-order valence-electron chi connectivity index (χ0n) is 10.6. The Kier molecular flexibility index (Phi) is 2.90. The highest BCUT2D eigenvalue weighted by molar-refractivity contribution is 5.06.